The summed E-state index contributed by atoms with van der Waals surface area (Å²) < 4.78 is 10.7. The summed E-state index contributed by atoms with van der Waals surface area (Å²) in [6.07, 6.45) is 111. The van der Waals surface area contributed by atoms with Gasteiger partial charge in [-0.2, -0.15) is 0 Å². The van der Waals surface area contributed by atoms with Gasteiger partial charge in [-0.1, -0.05) is 277 Å². The van der Waals surface area contributed by atoms with Crippen molar-refractivity contribution in [2.75, 3.05) is 26.4 Å². The average Bonchev–Trinajstić information content (AvgIpc) is 1.58. The molecule has 25 aliphatic carbocycles. The molecule has 1 heterocycles. The minimum Gasteiger partial charge on any atom is -0.466 e. The maximum absolute atomic E-state index is 11.9. The van der Waals surface area contributed by atoms with Gasteiger partial charge < -0.3 is 9.47 Å². The largest absolute Gasteiger partial charge is 0.466 e. The number of ether oxygens (including phenoxy) is 2. The molecule has 0 radical (unpaired) electrons. The van der Waals surface area contributed by atoms with E-state index in [1.165, 1.54) is 266 Å². The van der Waals surface area contributed by atoms with Crippen molar-refractivity contribution in [3.8, 4) is 0 Å². The van der Waals surface area contributed by atoms with Gasteiger partial charge in [0.2, 0.25) is 0 Å². The zero-order valence-electron chi connectivity index (χ0n) is 86.7. The van der Waals surface area contributed by atoms with E-state index >= 15 is 0 Å². The first kappa shape index (κ1) is 98.6. The molecule has 0 aromatic heterocycles. The number of carbonyl (C=O) groups excluding carboxylic acids is 3. The minimum atomic E-state index is -0.0868. The molecule has 0 spiro atoms. The summed E-state index contributed by atoms with van der Waals surface area (Å²) in [6.45, 7) is 8.51. The number of esters is 1. The molecule has 1 aliphatic heterocycles. The second-order valence-electron chi connectivity index (χ2n) is 51.6. The predicted octanol–water partition coefficient (Wildman–Crippen LogP) is 33.0. The summed E-state index contributed by atoms with van der Waals surface area (Å²) in [5, 5.41) is 0. The normalized spacial score (nSPS) is 39.3. The van der Waals surface area contributed by atoms with Crippen LogP contribution in [0.1, 0.15) is 345 Å². The zero-order chi connectivity index (χ0) is 94.1. The predicted molar refractivity (Wildman–Crippen MR) is 572 cm³/mol. The number of nitrogens with zero attached hydrogens (tertiary/aromatic N) is 1. The molecular weight excluding hydrogens is 1690 g/mol. The third-order valence-electron chi connectivity index (χ3n) is 42.4. The molecule has 33 atom stereocenters. The molecular formula is C133H183NO5. The fourth-order valence-corrected chi connectivity index (χ4v) is 34.3. The van der Waals surface area contributed by atoms with E-state index in [9.17, 15) is 14.4 Å². The van der Waals surface area contributed by atoms with Crippen molar-refractivity contribution >= 4 is 17.8 Å². The van der Waals surface area contributed by atoms with Crippen molar-refractivity contribution in [2.45, 2.75) is 341 Å². The SMILES string of the molecule is C1=CC2CC1CC2C1CC1.C1=CC2CC1CC2C1CC2CC1CC2c1ccccc1.C1=CC2CC1CC2C1CC2CCC1C2.C1=CC2CC1CC2CCCCCCCC1CC1.C1=CC2CC1CC2CCc1ccccc1.C1=CC2CC1CC2COCC1CC1.C1=CC2CC1CC2Cc1ccccc1.CC1=C(C)C(=O)N(CCCCCCC2CC3C=CC2C3)C1=O.CCOC(=O)CCC1=CC2CCC1C2. The van der Waals surface area contributed by atoms with Gasteiger partial charge in [0.1, 0.15) is 0 Å². The third kappa shape index (κ3) is 25.5. The van der Waals surface area contributed by atoms with Crippen LogP contribution in [0.25, 0.3) is 0 Å². The van der Waals surface area contributed by atoms with E-state index in [4.69, 9.17) is 9.47 Å². The van der Waals surface area contributed by atoms with Gasteiger partial charge in [0, 0.05) is 37.3 Å². The monoisotopic (exact) mass is 1870 g/mol. The van der Waals surface area contributed by atoms with Gasteiger partial charge in [0.15, 0.2) is 0 Å². The molecule has 6 nitrogen and oxygen atoms in total. The molecule has 6 heteroatoms. The van der Waals surface area contributed by atoms with Crippen LogP contribution in [0.5, 0.6) is 0 Å². The molecule has 16 fully saturated rings. The molecule has 3 aromatic carbocycles. The summed E-state index contributed by atoms with van der Waals surface area (Å²) in [4.78, 5) is 36.4. The summed E-state index contributed by atoms with van der Waals surface area (Å²) in [7, 11) is 0. The first-order valence-electron chi connectivity index (χ1n) is 59.8. The molecule has 139 heavy (non-hydrogen) atoms. The highest BCUT2D eigenvalue weighted by molar-refractivity contribution is 6.18. The van der Waals surface area contributed by atoms with Crippen LogP contribution in [-0.4, -0.2) is 49.0 Å². The average molecular weight is 1880 g/mol. The van der Waals surface area contributed by atoms with E-state index in [1.807, 2.05) is 6.92 Å². The first-order chi connectivity index (χ1) is 68.2. The van der Waals surface area contributed by atoms with Crippen LogP contribution in [-0.2, 0) is 36.7 Å². The Morgan fingerprint density at radius 3 is 1.23 bits per heavy atom. The van der Waals surface area contributed by atoms with Crippen LogP contribution in [0.3, 0.4) is 0 Å². The maximum atomic E-state index is 11.9. The maximum Gasteiger partial charge on any atom is 0.306 e. The number of allylic oxidation sites excluding steroid dienone is 18. The van der Waals surface area contributed by atoms with Crippen LogP contribution >= 0.6 is 0 Å². The molecule has 33 unspecified atom stereocenters. The Morgan fingerprint density at radius 1 is 0.331 bits per heavy atom. The minimum absolute atomic E-state index is 0.0452. The van der Waals surface area contributed by atoms with Gasteiger partial charge in [-0.3, -0.25) is 19.3 Å². The van der Waals surface area contributed by atoms with Gasteiger partial charge in [0.25, 0.3) is 11.8 Å². The quantitative estimate of drug-likeness (QED) is 0.0270. The Bertz CT molecular complexity index is 4780. The van der Waals surface area contributed by atoms with Gasteiger partial charge >= 0.3 is 5.97 Å². The van der Waals surface area contributed by atoms with Crippen molar-refractivity contribution < 1.29 is 23.9 Å². The topological polar surface area (TPSA) is 72.9 Å². The molecule has 26 aliphatic rings. The Hall–Kier alpha value is -6.37. The number of hydrogen-bond donors (Lipinski definition) is 0. The Kier molecular flexibility index (Phi) is 33.3. The van der Waals surface area contributed by atoms with Gasteiger partial charge in [-0.05, 0) is 482 Å². The number of rotatable bonds is 32. The fourth-order valence-electron chi connectivity index (χ4n) is 34.3. The fraction of sp³-hybridized carbons (Fsp3) is 0.692. The molecule has 750 valence electrons. The number of benzene rings is 3. The lowest BCUT2D eigenvalue weighted by atomic mass is 9.70. The van der Waals surface area contributed by atoms with E-state index in [1.54, 1.807) is 64.4 Å². The second-order valence-corrected chi connectivity index (χ2v) is 51.6. The summed E-state index contributed by atoms with van der Waals surface area (Å²) in [5.41, 5.74) is 7.40. The Labute approximate surface area is 843 Å². The van der Waals surface area contributed by atoms with Crippen molar-refractivity contribution in [2.24, 2.45) is 207 Å². The third-order valence-corrected chi connectivity index (χ3v) is 42.4. The summed E-state index contributed by atoms with van der Waals surface area (Å²) >= 11 is 0. The standard InChI is InChI=1S/C20H24.C19H27NO2.C17H28.C15H18.C14H20.C14H16.C12H18O2.C12H18O.C10H14/c1-2-4-14(5-3-1)18-11-17-10-16(18)12-20(17)19-9-13-6-7-15(19)8-13;1-13-14(2)19(22)20(18(13)21)10-6-4-3-5-7-16-11-15-8-9-17(16)12-15;1(2-4-6-14-8-9-14)3-5-7-16-12-15-10-11-17(16)13-15;1-2-4-12(5-3-1)6-8-14-10-13-7-9-15(14)11-13;1-3-11-5-9(1)7-13(11)14-8-10-2-4-12(14)6-10;1-2-4-11(5-3-1)8-14-10-12-6-7-13(14)9-12;1-2-14-12(13)6-5-11-8-9-3-4-10(11)7-9;1-2-9(1)7-13-8-12-6-10-3-4-11(12)5-10;1-2-9-5-7(1)6-10(9)8-3-4-8/h1-7,13,15-20H,8-12H2;8-9,15-17H,3-7,10-12H2,1-2H3;10-11,14-17H,1-9,12-13H2;1-5,7,9,13-15H,6,8,10-11H2;1,3,9-14H,2,4-8H2;1-7,12-14H,8-10H2;8-10H,2-7H2,1H3;3-4,9-12H,1-2,5-8H2;1-2,7-10H,3-6H2. The number of hydrogen-bond acceptors (Lipinski definition) is 5. The lowest BCUT2D eigenvalue weighted by molar-refractivity contribution is -0.143. The second kappa shape index (κ2) is 47.0. The molecule has 2 amide bonds. The van der Waals surface area contributed by atoms with Crippen molar-refractivity contribution in [1.29, 1.82) is 0 Å². The van der Waals surface area contributed by atoms with Crippen molar-refractivity contribution in [1.82, 2.24) is 4.90 Å². The Balaban J connectivity index is 0.0000000936. The summed E-state index contributed by atoms with van der Waals surface area (Å²) in [5.74, 6) is 35.1. The molecule has 29 rings (SSSR count). The molecule has 16 saturated carbocycles. The van der Waals surface area contributed by atoms with Crippen LogP contribution < -0.4 is 0 Å². The summed E-state index contributed by atoms with van der Waals surface area (Å²) in [6, 6.07) is 33.1. The first-order valence-corrected chi connectivity index (χ1v) is 59.8. The number of aryl methyl sites for hydroxylation is 1. The van der Waals surface area contributed by atoms with E-state index in [2.05, 4.69) is 194 Å². The van der Waals surface area contributed by atoms with E-state index < -0.39 is 0 Å². The smallest absolute Gasteiger partial charge is 0.306 e. The lowest BCUT2D eigenvalue weighted by Gasteiger charge is -2.35. The lowest BCUT2D eigenvalue weighted by Crippen LogP contribution is -2.32. The molecule has 22 bridgehead atoms. The van der Waals surface area contributed by atoms with Crippen LogP contribution in [0.4, 0.5) is 0 Å². The zero-order valence-corrected chi connectivity index (χ0v) is 86.7. The van der Waals surface area contributed by atoms with Crippen LogP contribution in [0.2, 0.25) is 0 Å². The van der Waals surface area contributed by atoms with Crippen LogP contribution in [0, 0.1) is 207 Å². The van der Waals surface area contributed by atoms with Gasteiger partial charge in [-0.25, -0.2) is 0 Å². The number of unbranched alkanes of at least 4 members (excludes halogenated alkanes) is 7. The highest BCUT2D eigenvalue weighted by Crippen LogP contribution is 2.64. The molecule has 0 saturated heterocycles. The van der Waals surface area contributed by atoms with E-state index in [-0.39, 0.29) is 17.8 Å². The van der Waals surface area contributed by atoms with E-state index in [0.29, 0.717) is 30.7 Å². The van der Waals surface area contributed by atoms with Crippen molar-refractivity contribution in [3.63, 3.8) is 0 Å². The Morgan fingerprint density at radius 2 is 0.791 bits per heavy atom. The molecule has 3 aromatic rings. The number of imide groups is 1. The molecule has 0 N–H and O–H groups in total. The van der Waals surface area contributed by atoms with Gasteiger partial charge in [0.05, 0.1) is 6.61 Å². The number of fused-ring (bicyclic) bond motifs is 22. The van der Waals surface area contributed by atoms with E-state index in [0.717, 1.165) is 246 Å². The number of carbonyl (C=O) groups is 3. The van der Waals surface area contributed by atoms with Gasteiger partial charge in [-0.15, -0.1) is 0 Å². The highest BCUT2D eigenvalue weighted by atomic mass is 16.5. The van der Waals surface area contributed by atoms with Crippen molar-refractivity contribution in [3.05, 3.63) is 228 Å². The van der Waals surface area contributed by atoms with Crippen LogP contribution in [0.15, 0.2) is 211 Å². The number of amides is 2. The highest BCUT2D eigenvalue weighted by Gasteiger charge is 2.54.